The third kappa shape index (κ3) is 6.42. The maximum atomic E-state index is 13.1. The van der Waals surface area contributed by atoms with E-state index < -0.39 is 33.6 Å². The van der Waals surface area contributed by atoms with Gasteiger partial charge in [0.1, 0.15) is 5.82 Å². The molecule has 0 bridgehead atoms. The minimum absolute atomic E-state index is 0.00461. The Hall–Kier alpha value is -3.18. The number of nitrogens with zero attached hydrogens (tertiary/aromatic N) is 1. The van der Waals surface area contributed by atoms with Crippen LogP contribution in [0.4, 0.5) is 4.39 Å². The molecule has 1 fully saturated rings. The summed E-state index contributed by atoms with van der Waals surface area (Å²) < 4.78 is 50.5. The van der Waals surface area contributed by atoms with Crippen LogP contribution in [-0.4, -0.2) is 50.8 Å². The van der Waals surface area contributed by atoms with Crippen molar-refractivity contribution in [3.8, 4) is 11.5 Å². The van der Waals surface area contributed by atoms with Gasteiger partial charge in [-0.1, -0.05) is 12.1 Å². The normalized spacial score (nSPS) is 15.0. The van der Waals surface area contributed by atoms with Gasteiger partial charge in [0.2, 0.25) is 15.9 Å². The van der Waals surface area contributed by atoms with Gasteiger partial charge in [-0.3, -0.25) is 20.4 Å². The molecule has 9 nitrogen and oxygen atoms in total. The number of para-hydroxylation sites is 2. The summed E-state index contributed by atoms with van der Waals surface area (Å²) in [7, 11) is -3.76. The molecule has 2 aromatic rings. The molecule has 2 N–H and O–H groups in total. The number of hydrogen-bond donors (Lipinski definition) is 2. The molecule has 0 aromatic heterocycles. The second-order valence-corrected chi connectivity index (χ2v) is 9.28. The van der Waals surface area contributed by atoms with E-state index in [0.29, 0.717) is 30.9 Å². The van der Waals surface area contributed by atoms with Crippen LogP contribution in [0, 0.1) is 11.7 Å². The molecular formula is C22H26FN3O6S. The highest BCUT2D eigenvalue weighted by atomic mass is 32.2. The number of hydrazine groups is 1. The van der Waals surface area contributed by atoms with E-state index in [2.05, 4.69) is 10.9 Å². The Bertz CT molecular complexity index is 1070. The fraction of sp³-hybridized carbons (Fsp3) is 0.364. The summed E-state index contributed by atoms with van der Waals surface area (Å²) in [6, 6.07) is 11.5. The highest BCUT2D eigenvalue weighted by Crippen LogP contribution is 2.26. The Labute approximate surface area is 191 Å². The van der Waals surface area contributed by atoms with E-state index in [4.69, 9.17) is 9.47 Å². The molecule has 0 radical (unpaired) electrons. The summed E-state index contributed by atoms with van der Waals surface area (Å²) in [4.78, 5) is 24.4. The maximum absolute atomic E-state index is 13.1. The summed E-state index contributed by atoms with van der Waals surface area (Å²) in [5, 5.41) is 0. The van der Waals surface area contributed by atoms with Crippen LogP contribution in [0.2, 0.25) is 0 Å². The number of amides is 2. The molecule has 0 spiro atoms. The quantitative estimate of drug-likeness (QED) is 0.559. The summed E-state index contributed by atoms with van der Waals surface area (Å²) in [6.45, 7) is 2.25. The van der Waals surface area contributed by atoms with E-state index in [1.165, 1.54) is 16.4 Å². The lowest BCUT2D eigenvalue weighted by molar-refractivity contribution is -0.132. The third-order valence-electron chi connectivity index (χ3n) is 5.11. The zero-order valence-corrected chi connectivity index (χ0v) is 18.9. The Kier molecular flexibility index (Phi) is 8.23. The van der Waals surface area contributed by atoms with Gasteiger partial charge in [-0.25, -0.2) is 12.8 Å². The highest BCUT2D eigenvalue weighted by molar-refractivity contribution is 7.89. The fourth-order valence-electron chi connectivity index (χ4n) is 3.37. The average Bonchev–Trinajstić information content (AvgIpc) is 2.82. The maximum Gasteiger partial charge on any atom is 0.276 e. The van der Waals surface area contributed by atoms with Crippen molar-refractivity contribution in [2.24, 2.45) is 5.92 Å². The minimum atomic E-state index is -3.76. The average molecular weight is 480 g/mol. The van der Waals surface area contributed by atoms with Gasteiger partial charge in [0.05, 0.1) is 11.5 Å². The molecule has 33 heavy (non-hydrogen) atoms. The molecule has 2 amide bonds. The van der Waals surface area contributed by atoms with E-state index in [9.17, 15) is 22.4 Å². The van der Waals surface area contributed by atoms with Crippen molar-refractivity contribution >= 4 is 21.8 Å². The smallest absolute Gasteiger partial charge is 0.276 e. The standard InChI is InChI=1S/C22H26FN3O6S/c1-2-31-19-5-3-4-6-20(19)32-15-21(27)24-25-22(28)16-11-13-26(14-12-16)33(29,30)18-9-7-17(23)8-10-18/h3-10,16H,2,11-15H2,1H3,(H,24,27)(H,25,28). The first-order chi connectivity index (χ1) is 15.8. The summed E-state index contributed by atoms with van der Waals surface area (Å²) in [5.41, 5.74) is 4.66. The van der Waals surface area contributed by atoms with Gasteiger partial charge < -0.3 is 9.47 Å². The predicted molar refractivity (Wildman–Crippen MR) is 117 cm³/mol. The molecule has 178 valence electrons. The lowest BCUT2D eigenvalue weighted by atomic mass is 9.98. The van der Waals surface area contributed by atoms with Crippen molar-refractivity contribution in [2.75, 3.05) is 26.3 Å². The van der Waals surface area contributed by atoms with Gasteiger partial charge in [0, 0.05) is 19.0 Å². The summed E-state index contributed by atoms with van der Waals surface area (Å²) in [6.07, 6.45) is 0.584. The number of ether oxygens (including phenoxy) is 2. The van der Waals surface area contributed by atoms with E-state index >= 15 is 0 Å². The lowest BCUT2D eigenvalue weighted by Crippen LogP contribution is -2.49. The van der Waals surface area contributed by atoms with Crippen LogP contribution in [0.5, 0.6) is 11.5 Å². The second-order valence-electron chi connectivity index (χ2n) is 7.34. The second kappa shape index (κ2) is 11.1. The number of hydrogen-bond acceptors (Lipinski definition) is 6. The van der Waals surface area contributed by atoms with Crippen LogP contribution in [-0.2, 0) is 19.6 Å². The van der Waals surface area contributed by atoms with Crippen LogP contribution in [0.3, 0.4) is 0 Å². The first kappa shape index (κ1) is 24.5. The van der Waals surface area contributed by atoms with Crippen molar-refractivity contribution in [3.05, 3.63) is 54.3 Å². The van der Waals surface area contributed by atoms with Crippen molar-refractivity contribution < 1.29 is 31.9 Å². The Balaban J connectivity index is 1.44. The summed E-state index contributed by atoms with van der Waals surface area (Å²) >= 11 is 0. The van der Waals surface area contributed by atoms with Gasteiger partial charge >= 0.3 is 0 Å². The topological polar surface area (TPSA) is 114 Å². The first-order valence-electron chi connectivity index (χ1n) is 10.5. The number of piperidine rings is 1. The van der Waals surface area contributed by atoms with Crippen molar-refractivity contribution in [2.45, 2.75) is 24.7 Å². The third-order valence-corrected chi connectivity index (χ3v) is 7.02. The first-order valence-corrected chi connectivity index (χ1v) is 11.9. The van der Waals surface area contributed by atoms with Crippen LogP contribution in [0.25, 0.3) is 0 Å². The molecule has 2 aromatic carbocycles. The SMILES string of the molecule is CCOc1ccccc1OCC(=O)NNC(=O)C1CCN(S(=O)(=O)c2ccc(F)cc2)CC1. The van der Waals surface area contributed by atoms with Gasteiger partial charge in [-0.05, 0) is 56.2 Å². The number of halogens is 1. The monoisotopic (exact) mass is 479 g/mol. The molecule has 1 aliphatic rings. The number of sulfonamides is 1. The largest absolute Gasteiger partial charge is 0.490 e. The lowest BCUT2D eigenvalue weighted by Gasteiger charge is -2.30. The van der Waals surface area contributed by atoms with E-state index in [1.54, 1.807) is 24.3 Å². The van der Waals surface area contributed by atoms with E-state index in [-0.39, 0.29) is 24.6 Å². The van der Waals surface area contributed by atoms with Crippen molar-refractivity contribution in [3.63, 3.8) is 0 Å². The Morgan fingerprint density at radius 3 is 2.21 bits per heavy atom. The van der Waals surface area contributed by atoms with E-state index in [1.807, 2.05) is 6.92 Å². The van der Waals surface area contributed by atoms with Gasteiger partial charge in [-0.2, -0.15) is 4.31 Å². The number of nitrogens with one attached hydrogen (secondary N) is 2. The Morgan fingerprint density at radius 1 is 1.00 bits per heavy atom. The van der Waals surface area contributed by atoms with Crippen LogP contribution in [0.1, 0.15) is 19.8 Å². The van der Waals surface area contributed by atoms with Crippen molar-refractivity contribution in [1.82, 2.24) is 15.2 Å². The molecule has 11 heteroatoms. The zero-order valence-electron chi connectivity index (χ0n) is 18.1. The van der Waals surface area contributed by atoms with Crippen LogP contribution >= 0.6 is 0 Å². The molecule has 0 unspecified atom stereocenters. The fourth-order valence-corrected chi connectivity index (χ4v) is 4.84. The van der Waals surface area contributed by atoms with Crippen LogP contribution in [0.15, 0.2) is 53.4 Å². The highest BCUT2D eigenvalue weighted by Gasteiger charge is 2.32. The predicted octanol–water partition coefficient (Wildman–Crippen LogP) is 1.85. The molecule has 1 heterocycles. The molecule has 1 saturated heterocycles. The molecule has 1 aliphatic heterocycles. The van der Waals surface area contributed by atoms with Gasteiger partial charge in [0.25, 0.3) is 5.91 Å². The zero-order chi connectivity index (χ0) is 23.8. The molecule has 0 aliphatic carbocycles. The number of rotatable bonds is 8. The van der Waals surface area contributed by atoms with Crippen LogP contribution < -0.4 is 20.3 Å². The molecule has 3 rings (SSSR count). The number of carbonyl (C=O) groups excluding carboxylic acids is 2. The number of benzene rings is 2. The number of carbonyl (C=O) groups is 2. The molecule has 0 saturated carbocycles. The summed E-state index contributed by atoms with van der Waals surface area (Å²) in [5.74, 6) is -1.00. The molecule has 0 atom stereocenters. The van der Waals surface area contributed by atoms with E-state index in [0.717, 1.165) is 12.1 Å². The Morgan fingerprint density at radius 2 is 1.61 bits per heavy atom. The minimum Gasteiger partial charge on any atom is -0.490 e. The van der Waals surface area contributed by atoms with Gasteiger partial charge in [0.15, 0.2) is 18.1 Å². The van der Waals surface area contributed by atoms with Gasteiger partial charge in [-0.15, -0.1) is 0 Å². The molecular weight excluding hydrogens is 453 g/mol. The van der Waals surface area contributed by atoms with Crippen molar-refractivity contribution in [1.29, 1.82) is 0 Å².